The van der Waals surface area contributed by atoms with Crippen molar-refractivity contribution in [2.45, 2.75) is 38.5 Å². The van der Waals surface area contributed by atoms with E-state index in [2.05, 4.69) is 0 Å². The van der Waals surface area contributed by atoms with E-state index in [0.29, 0.717) is 26.2 Å². The lowest BCUT2D eigenvalue weighted by molar-refractivity contribution is -0.299. The van der Waals surface area contributed by atoms with Crippen molar-refractivity contribution < 1.29 is 134 Å². The van der Waals surface area contributed by atoms with Crippen molar-refractivity contribution in [3.63, 3.8) is 0 Å². The largest absolute Gasteiger partial charge is 0.378 e. The standard InChI is InChI=1S/C52H86Cl8N4O28/c1-41(63(9-16-75-25-29-80-35-47(55)67)10-17-76-26-30-81-36-48(56)68)83-32-43(82-18-6-61(3-13-73-23-27-78-33-45(53)65)4-14-74-24-28-79-34-46(54)66)44(92-42(2)64(11-21-86-90-39-51(59)71)12-22-87-91-40-52(60)72)31-77-15-5-62(7-19-84-88-37-49(57)69)8-20-85-89-38-50(58)70/h41-44H,3-40H2,1-2H3. The molecule has 0 radical (unpaired) electrons. The second-order valence-electron chi connectivity index (χ2n) is 18.3. The first-order chi connectivity index (χ1) is 44.2. The Morgan fingerprint density at radius 3 is 0.880 bits per heavy atom. The Morgan fingerprint density at radius 2 is 0.533 bits per heavy atom. The zero-order valence-electron chi connectivity index (χ0n) is 51.4. The lowest BCUT2D eigenvalue weighted by Crippen LogP contribution is -2.49. The molecule has 0 amide bonds. The molecular weight excluding hydrogens is 1410 g/mol. The summed E-state index contributed by atoms with van der Waals surface area (Å²) >= 11 is 43.2. The molecule has 0 fully saturated rings. The van der Waals surface area contributed by atoms with Crippen molar-refractivity contribution in [3.8, 4) is 0 Å². The van der Waals surface area contributed by atoms with Gasteiger partial charge < -0.3 is 56.8 Å². The summed E-state index contributed by atoms with van der Waals surface area (Å²) in [6, 6.07) is 0. The summed E-state index contributed by atoms with van der Waals surface area (Å²) in [5, 5.41) is -5.77. The highest BCUT2D eigenvalue weighted by molar-refractivity contribution is 6.65. The lowest BCUT2D eigenvalue weighted by Gasteiger charge is -2.36. The third-order valence-electron chi connectivity index (χ3n) is 11.3. The van der Waals surface area contributed by atoms with E-state index in [4.69, 9.17) is 189 Å². The van der Waals surface area contributed by atoms with Crippen LogP contribution in [-0.4, -0.2) is 337 Å². The van der Waals surface area contributed by atoms with E-state index >= 15 is 0 Å². The molecule has 0 saturated carbocycles. The first-order valence-corrected chi connectivity index (χ1v) is 31.7. The highest BCUT2D eigenvalue weighted by atomic mass is 35.5. The van der Waals surface area contributed by atoms with Crippen molar-refractivity contribution in [3.05, 3.63) is 0 Å². The minimum atomic E-state index is -0.986. The first kappa shape index (κ1) is 90.7. The predicted molar refractivity (Wildman–Crippen MR) is 327 cm³/mol. The Labute approximate surface area is 574 Å². The summed E-state index contributed by atoms with van der Waals surface area (Å²) in [4.78, 5) is 138. The zero-order valence-corrected chi connectivity index (χ0v) is 57.5. The van der Waals surface area contributed by atoms with Gasteiger partial charge in [-0.3, -0.25) is 58.0 Å². The molecule has 40 heteroatoms. The molecule has 0 rings (SSSR count). The Morgan fingerprint density at radius 1 is 0.261 bits per heavy atom. The lowest BCUT2D eigenvalue weighted by atomic mass is 10.2. The van der Waals surface area contributed by atoms with Crippen molar-refractivity contribution in [2.75, 3.05) is 250 Å². The first-order valence-electron chi connectivity index (χ1n) is 28.6. The second-order valence-corrected chi connectivity index (χ2v) is 21.7. The molecule has 0 saturated heterocycles. The minimum Gasteiger partial charge on any atom is -0.378 e. The van der Waals surface area contributed by atoms with Crippen LogP contribution in [0.2, 0.25) is 0 Å². The summed E-state index contributed by atoms with van der Waals surface area (Å²) in [6.45, 7) is 4.15. The topological polar surface area (TPSA) is 334 Å². The molecular formula is C52H86Cl8N4O28. The Hall–Kier alpha value is -1.28. The predicted octanol–water partition coefficient (Wildman–Crippen LogP) is 1.74. The zero-order chi connectivity index (χ0) is 68.2. The van der Waals surface area contributed by atoms with Gasteiger partial charge in [0.05, 0.1) is 132 Å². The molecule has 538 valence electrons. The van der Waals surface area contributed by atoms with Gasteiger partial charge in [0.2, 0.25) is 21.0 Å². The number of halogens is 8. The average Bonchev–Trinajstić information content (AvgIpc) is 1.57. The van der Waals surface area contributed by atoms with Crippen molar-refractivity contribution in [1.82, 2.24) is 19.6 Å². The maximum atomic E-state index is 11.4. The van der Waals surface area contributed by atoms with Crippen LogP contribution in [0.1, 0.15) is 13.8 Å². The fourth-order valence-electron chi connectivity index (χ4n) is 6.99. The number of carbonyl (C=O) groups excluding carboxylic acids is 8. The molecule has 4 unspecified atom stereocenters. The third-order valence-corrected chi connectivity index (χ3v) is 12.2. The molecule has 0 aliphatic rings. The van der Waals surface area contributed by atoms with Crippen molar-refractivity contribution in [1.29, 1.82) is 0 Å². The third kappa shape index (κ3) is 62.3. The van der Waals surface area contributed by atoms with Crippen LogP contribution in [0.25, 0.3) is 0 Å². The van der Waals surface area contributed by atoms with E-state index in [1.165, 1.54) is 0 Å². The normalized spacial score (nSPS) is 13.2. The SMILES string of the molecule is CC(OCC(OCCN(CCOCCOCC(=O)Cl)CCOCCOCC(=O)Cl)C(COCCN(CCOOCC(=O)Cl)CCOOCC(=O)Cl)OC(C)N(CCOOCC(=O)Cl)CCOOCC(=O)Cl)N(CCOCCOCC(=O)Cl)CCOCCOCC(=O)Cl. The number of nitrogens with zero attached hydrogens (tertiary/aromatic N) is 4. The molecule has 4 atom stereocenters. The van der Waals surface area contributed by atoms with Gasteiger partial charge in [-0.1, -0.05) is 0 Å². The van der Waals surface area contributed by atoms with E-state index in [0.717, 1.165) is 0 Å². The van der Waals surface area contributed by atoms with Gasteiger partial charge in [-0.05, 0) is 107 Å². The van der Waals surface area contributed by atoms with Gasteiger partial charge in [-0.25, -0.2) is 39.1 Å². The van der Waals surface area contributed by atoms with Gasteiger partial charge in [-0.15, -0.1) is 0 Å². The Balaban J connectivity index is 7.34. The molecule has 32 nitrogen and oxygen atoms in total. The molecule has 92 heavy (non-hydrogen) atoms. The molecule has 0 heterocycles. The summed E-state index contributed by atoms with van der Waals surface area (Å²) in [7, 11) is 0. The van der Waals surface area contributed by atoms with Crippen LogP contribution >= 0.6 is 92.8 Å². The number of carbonyl (C=O) groups is 8. The monoisotopic (exact) mass is 1490 g/mol. The van der Waals surface area contributed by atoms with E-state index in [1.54, 1.807) is 18.7 Å². The Kier molecular flexibility index (Phi) is 63.5. The number of hydrogen-bond acceptors (Lipinski definition) is 32. The van der Waals surface area contributed by atoms with Crippen LogP contribution in [-0.2, 0) is 134 Å². The maximum Gasteiger partial charge on any atom is 0.250 e. The molecule has 0 aromatic rings. The van der Waals surface area contributed by atoms with E-state index in [1.807, 2.05) is 14.7 Å². The molecule has 0 N–H and O–H groups in total. The maximum absolute atomic E-state index is 11.4. The van der Waals surface area contributed by atoms with Crippen LogP contribution in [0.4, 0.5) is 0 Å². The molecule has 0 aliphatic carbocycles. The fraction of sp³-hybridized carbons (Fsp3) is 0.846. The van der Waals surface area contributed by atoms with Gasteiger partial charge in [0.25, 0.3) is 21.0 Å². The highest BCUT2D eigenvalue weighted by Gasteiger charge is 2.30. The van der Waals surface area contributed by atoms with E-state index in [-0.39, 0.29) is 198 Å². The van der Waals surface area contributed by atoms with Crippen LogP contribution < -0.4 is 0 Å². The van der Waals surface area contributed by atoms with Gasteiger partial charge in [-0.2, -0.15) is 0 Å². The smallest absolute Gasteiger partial charge is 0.250 e. The number of rotatable bonds is 73. The fourth-order valence-corrected chi connectivity index (χ4v) is 7.48. The van der Waals surface area contributed by atoms with Crippen LogP contribution in [0.5, 0.6) is 0 Å². The molecule has 0 bridgehead atoms. The number of hydrogen-bond donors (Lipinski definition) is 0. The van der Waals surface area contributed by atoms with Gasteiger partial charge >= 0.3 is 0 Å². The number of ether oxygens (including phenoxy) is 12. The quantitative estimate of drug-likeness (QED) is 0.0275. The minimum absolute atomic E-state index is 0.0271. The van der Waals surface area contributed by atoms with Gasteiger partial charge in [0, 0.05) is 65.4 Å². The van der Waals surface area contributed by atoms with Gasteiger partial charge in [0.15, 0.2) is 26.4 Å². The van der Waals surface area contributed by atoms with E-state index < -0.39 is 93.0 Å². The van der Waals surface area contributed by atoms with Crippen LogP contribution in [0.3, 0.4) is 0 Å². The molecule has 0 spiro atoms. The summed E-state index contributed by atoms with van der Waals surface area (Å²) in [5.41, 5.74) is 0. The Bertz CT molecular complexity index is 1830. The summed E-state index contributed by atoms with van der Waals surface area (Å²) in [5.74, 6) is 0. The summed E-state index contributed by atoms with van der Waals surface area (Å²) in [6.07, 6.45) is -3.46. The highest BCUT2D eigenvalue weighted by Crippen LogP contribution is 2.16. The summed E-state index contributed by atoms with van der Waals surface area (Å²) < 4.78 is 70.7. The van der Waals surface area contributed by atoms with Crippen LogP contribution in [0, 0.1) is 0 Å². The van der Waals surface area contributed by atoms with Gasteiger partial charge in [0.1, 0.15) is 51.1 Å². The van der Waals surface area contributed by atoms with Crippen molar-refractivity contribution in [2.24, 2.45) is 0 Å². The van der Waals surface area contributed by atoms with Crippen LogP contribution in [0.15, 0.2) is 0 Å². The van der Waals surface area contributed by atoms with E-state index in [9.17, 15) is 38.4 Å². The molecule has 0 aromatic heterocycles. The average molecular weight is 1500 g/mol. The molecule has 0 aliphatic heterocycles. The molecule has 0 aromatic carbocycles. The van der Waals surface area contributed by atoms with Crippen molar-refractivity contribution >= 4 is 135 Å². The second kappa shape index (κ2) is 64.4.